The van der Waals surface area contributed by atoms with Crippen LogP contribution in [0.5, 0.6) is 5.75 Å². The number of aromatic hydroxyl groups is 1. The van der Waals surface area contributed by atoms with Crippen LogP contribution in [0.2, 0.25) is 0 Å². The first-order valence-corrected chi connectivity index (χ1v) is 11.1. The molecule has 0 aliphatic carbocycles. The minimum absolute atomic E-state index is 0.154. The van der Waals surface area contributed by atoms with Crippen LogP contribution < -0.4 is 10.2 Å². The summed E-state index contributed by atoms with van der Waals surface area (Å²) < 4.78 is 0. The fourth-order valence-electron chi connectivity index (χ4n) is 4.04. The molecule has 6 nitrogen and oxygen atoms in total. The summed E-state index contributed by atoms with van der Waals surface area (Å²) >= 11 is 0. The van der Waals surface area contributed by atoms with Crippen LogP contribution in [0.1, 0.15) is 39.5 Å². The lowest BCUT2D eigenvalue weighted by molar-refractivity contribution is -0.122. The van der Waals surface area contributed by atoms with Gasteiger partial charge in [0.05, 0.1) is 11.1 Å². The van der Waals surface area contributed by atoms with Crippen molar-refractivity contribution in [2.24, 2.45) is 5.92 Å². The van der Waals surface area contributed by atoms with Crippen LogP contribution in [-0.4, -0.2) is 40.1 Å². The van der Waals surface area contributed by atoms with Gasteiger partial charge in [-0.15, -0.1) is 0 Å². The van der Waals surface area contributed by atoms with Crippen LogP contribution in [-0.2, 0) is 4.79 Å². The molecule has 1 aromatic heterocycles. The van der Waals surface area contributed by atoms with Gasteiger partial charge in [-0.25, -0.2) is 9.97 Å². The van der Waals surface area contributed by atoms with Crippen LogP contribution in [0.4, 0.5) is 5.82 Å². The van der Waals surface area contributed by atoms with Crippen molar-refractivity contribution in [1.82, 2.24) is 15.3 Å². The van der Waals surface area contributed by atoms with E-state index in [1.54, 1.807) is 12.1 Å². The highest BCUT2D eigenvalue weighted by molar-refractivity contribution is 5.91. The van der Waals surface area contributed by atoms with E-state index >= 15 is 0 Å². The van der Waals surface area contributed by atoms with Crippen molar-refractivity contribution in [3.05, 3.63) is 48.5 Å². The number of phenols is 1. The van der Waals surface area contributed by atoms with E-state index in [4.69, 9.17) is 9.97 Å². The third kappa shape index (κ3) is 4.95. The predicted molar refractivity (Wildman–Crippen MR) is 124 cm³/mol. The van der Waals surface area contributed by atoms with Crippen molar-refractivity contribution < 1.29 is 9.90 Å². The van der Waals surface area contributed by atoms with Crippen LogP contribution in [0.25, 0.3) is 22.3 Å². The highest BCUT2D eigenvalue weighted by atomic mass is 16.3. The maximum atomic E-state index is 12.2. The largest absolute Gasteiger partial charge is 0.507 e. The molecular weight excluding hydrogens is 388 g/mol. The number of para-hydroxylation sites is 2. The van der Waals surface area contributed by atoms with E-state index in [1.807, 2.05) is 36.4 Å². The molecule has 0 bridgehead atoms. The zero-order chi connectivity index (χ0) is 21.8. The molecule has 1 aliphatic heterocycles. The van der Waals surface area contributed by atoms with E-state index in [0.29, 0.717) is 23.7 Å². The van der Waals surface area contributed by atoms with Gasteiger partial charge in [-0.3, -0.25) is 4.79 Å². The number of hydrogen-bond acceptors (Lipinski definition) is 5. The quantitative estimate of drug-likeness (QED) is 0.615. The van der Waals surface area contributed by atoms with E-state index in [2.05, 4.69) is 24.1 Å². The number of benzene rings is 2. The minimum Gasteiger partial charge on any atom is -0.507 e. The van der Waals surface area contributed by atoms with Gasteiger partial charge in [-0.1, -0.05) is 38.1 Å². The molecule has 1 saturated heterocycles. The van der Waals surface area contributed by atoms with Crippen molar-refractivity contribution in [2.75, 3.05) is 18.0 Å². The molecule has 4 rings (SSSR count). The Balaban J connectivity index is 1.53. The number of nitrogens with one attached hydrogen (secondary N) is 1. The third-order valence-electron chi connectivity index (χ3n) is 5.84. The number of nitrogens with zero attached hydrogens (tertiary/aromatic N) is 3. The standard InChI is InChI=1S/C25H30N4O2/c1-17(2)11-12-23(31)26-18-13-15-29(16-14-18)25-19-7-3-5-9-21(19)27-24(28-25)20-8-4-6-10-22(20)30/h3-10,17-18,30H,11-16H2,1-2H3,(H,26,31). The lowest BCUT2D eigenvalue weighted by Gasteiger charge is -2.34. The van der Waals surface area contributed by atoms with Crippen LogP contribution in [0.3, 0.4) is 0 Å². The first-order valence-electron chi connectivity index (χ1n) is 11.1. The zero-order valence-corrected chi connectivity index (χ0v) is 18.2. The number of anilines is 1. The van der Waals surface area contributed by atoms with Crippen molar-refractivity contribution in [2.45, 2.75) is 45.6 Å². The fourth-order valence-corrected chi connectivity index (χ4v) is 4.04. The molecular formula is C25H30N4O2. The molecule has 31 heavy (non-hydrogen) atoms. The SMILES string of the molecule is CC(C)CCC(=O)NC1CCN(c2nc(-c3ccccc3O)nc3ccccc23)CC1. The average molecular weight is 419 g/mol. The second kappa shape index (κ2) is 9.33. The molecule has 162 valence electrons. The zero-order valence-electron chi connectivity index (χ0n) is 18.2. The summed E-state index contributed by atoms with van der Waals surface area (Å²) in [7, 11) is 0. The topological polar surface area (TPSA) is 78.4 Å². The van der Waals surface area contributed by atoms with Crippen LogP contribution >= 0.6 is 0 Å². The Labute approximate surface area is 183 Å². The van der Waals surface area contributed by atoms with Crippen LogP contribution in [0.15, 0.2) is 48.5 Å². The maximum Gasteiger partial charge on any atom is 0.220 e. The average Bonchev–Trinajstić information content (AvgIpc) is 2.78. The number of hydrogen-bond donors (Lipinski definition) is 2. The highest BCUT2D eigenvalue weighted by Gasteiger charge is 2.24. The highest BCUT2D eigenvalue weighted by Crippen LogP contribution is 2.32. The Hall–Kier alpha value is -3.15. The van der Waals surface area contributed by atoms with Gasteiger partial charge in [-0.2, -0.15) is 0 Å². The monoisotopic (exact) mass is 418 g/mol. The summed E-state index contributed by atoms with van der Waals surface area (Å²) in [5.74, 6) is 2.27. The molecule has 0 saturated carbocycles. The second-order valence-corrected chi connectivity index (χ2v) is 8.67. The molecule has 0 spiro atoms. The van der Waals surface area contributed by atoms with E-state index in [0.717, 1.165) is 49.1 Å². The smallest absolute Gasteiger partial charge is 0.220 e. The minimum atomic E-state index is 0.154. The van der Waals surface area contributed by atoms with E-state index in [1.165, 1.54) is 0 Å². The molecule has 2 heterocycles. The molecule has 0 radical (unpaired) electrons. The van der Waals surface area contributed by atoms with Gasteiger partial charge in [0.25, 0.3) is 0 Å². The first-order chi connectivity index (χ1) is 15.0. The molecule has 2 N–H and O–H groups in total. The van der Waals surface area contributed by atoms with E-state index in [-0.39, 0.29) is 17.7 Å². The van der Waals surface area contributed by atoms with Gasteiger partial charge in [-0.05, 0) is 49.4 Å². The maximum absolute atomic E-state index is 12.2. The van der Waals surface area contributed by atoms with Crippen molar-refractivity contribution in [3.63, 3.8) is 0 Å². The molecule has 2 aromatic carbocycles. The lowest BCUT2D eigenvalue weighted by atomic mass is 10.0. The fraction of sp³-hybridized carbons (Fsp3) is 0.400. The van der Waals surface area contributed by atoms with Crippen molar-refractivity contribution >= 4 is 22.6 Å². The van der Waals surface area contributed by atoms with E-state index in [9.17, 15) is 9.90 Å². The van der Waals surface area contributed by atoms with Gasteiger partial charge in [0.2, 0.25) is 5.91 Å². The molecule has 6 heteroatoms. The van der Waals surface area contributed by atoms with Gasteiger partial charge in [0, 0.05) is 30.9 Å². The van der Waals surface area contributed by atoms with Gasteiger partial charge < -0.3 is 15.3 Å². The lowest BCUT2D eigenvalue weighted by Crippen LogP contribution is -2.45. The van der Waals surface area contributed by atoms with Gasteiger partial charge in [0.1, 0.15) is 11.6 Å². The summed E-state index contributed by atoms with van der Waals surface area (Å²) in [6, 6.07) is 15.3. The number of carbonyl (C=O) groups excluding carboxylic acids is 1. The third-order valence-corrected chi connectivity index (χ3v) is 5.84. The molecule has 3 aromatic rings. The predicted octanol–water partition coefficient (Wildman–Crippen LogP) is 4.52. The summed E-state index contributed by atoms with van der Waals surface area (Å²) in [4.78, 5) is 24.0. The number of amides is 1. The molecule has 1 fully saturated rings. The number of aromatic nitrogens is 2. The summed E-state index contributed by atoms with van der Waals surface area (Å²) in [5.41, 5.74) is 1.48. The van der Waals surface area contributed by atoms with E-state index < -0.39 is 0 Å². The summed E-state index contributed by atoms with van der Waals surface area (Å²) in [6.45, 7) is 5.91. The Morgan fingerprint density at radius 1 is 1.10 bits per heavy atom. The normalized spacial score (nSPS) is 14.9. The second-order valence-electron chi connectivity index (χ2n) is 8.67. The molecule has 0 unspecified atom stereocenters. The Kier molecular flexibility index (Phi) is 6.35. The van der Waals surface area contributed by atoms with Gasteiger partial charge >= 0.3 is 0 Å². The first kappa shape index (κ1) is 21.1. The van der Waals surface area contributed by atoms with Crippen LogP contribution in [0, 0.1) is 5.92 Å². The van der Waals surface area contributed by atoms with Crippen molar-refractivity contribution in [3.8, 4) is 17.1 Å². The number of phenolic OH excluding ortho intramolecular Hbond substituents is 1. The molecule has 1 aliphatic rings. The Bertz CT molecular complexity index is 1060. The molecule has 0 atom stereocenters. The number of carbonyl (C=O) groups is 1. The van der Waals surface area contributed by atoms with Crippen molar-refractivity contribution in [1.29, 1.82) is 0 Å². The Morgan fingerprint density at radius 3 is 2.55 bits per heavy atom. The summed E-state index contributed by atoms with van der Waals surface area (Å²) in [6.07, 6.45) is 3.29. The number of rotatable bonds is 6. The number of fused-ring (bicyclic) bond motifs is 1. The Morgan fingerprint density at radius 2 is 1.81 bits per heavy atom. The number of piperidine rings is 1. The summed E-state index contributed by atoms with van der Waals surface area (Å²) in [5, 5.41) is 14.5. The molecule has 1 amide bonds. The van der Waals surface area contributed by atoms with Gasteiger partial charge in [0.15, 0.2) is 5.82 Å².